The second-order valence-electron chi connectivity index (χ2n) is 8.42. The molecule has 0 aliphatic carbocycles. The van der Waals surface area contributed by atoms with E-state index >= 15 is 0 Å². The first-order valence-corrected chi connectivity index (χ1v) is 14.6. The fourth-order valence-corrected chi connectivity index (χ4v) is 3.49. The van der Waals surface area contributed by atoms with E-state index in [0.29, 0.717) is 0 Å². The van der Waals surface area contributed by atoms with Gasteiger partial charge in [-0.1, -0.05) is 129 Å². The summed E-state index contributed by atoms with van der Waals surface area (Å²) in [6, 6.07) is 0. The summed E-state index contributed by atoms with van der Waals surface area (Å²) in [6.45, 7) is 12.6. The Labute approximate surface area is 201 Å². The van der Waals surface area contributed by atoms with Crippen molar-refractivity contribution in [3.8, 4) is 0 Å². The highest BCUT2D eigenvalue weighted by Crippen LogP contribution is 2.12. The van der Waals surface area contributed by atoms with Crippen molar-refractivity contribution in [1.82, 2.24) is 0 Å². The van der Waals surface area contributed by atoms with Gasteiger partial charge < -0.3 is 4.74 Å². The van der Waals surface area contributed by atoms with E-state index in [1.54, 1.807) is 0 Å². The first-order valence-electron chi connectivity index (χ1n) is 13.2. The maximum Gasteiger partial charge on any atom is 0.394 e. The van der Waals surface area contributed by atoms with Crippen molar-refractivity contribution in [1.29, 1.82) is 0 Å². The predicted octanol–water partition coefficient (Wildman–Crippen LogP) is 8.99. The van der Waals surface area contributed by atoms with Gasteiger partial charge in [0.15, 0.2) is 0 Å². The van der Waals surface area contributed by atoms with E-state index in [9.17, 15) is 0 Å². The van der Waals surface area contributed by atoms with Crippen molar-refractivity contribution < 1.29 is 22.3 Å². The molecule has 0 atom stereocenters. The molecule has 0 radical (unpaired) electrons. The number of unbranched alkanes of at least 4 members (excludes halogenated alkanes) is 18. The molecule has 0 aromatic rings. The fourth-order valence-electron chi connectivity index (χ4n) is 3.49. The van der Waals surface area contributed by atoms with Crippen molar-refractivity contribution in [2.24, 2.45) is 0 Å². The summed E-state index contributed by atoms with van der Waals surface area (Å²) in [4.78, 5) is 0. The summed E-state index contributed by atoms with van der Waals surface area (Å²) >= 11 is 0. The zero-order valence-electron chi connectivity index (χ0n) is 21.5. The van der Waals surface area contributed by atoms with E-state index < -0.39 is 10.4 Å². The van der Waals surface area contributed by atoms with Gasteiger partial charge in [0.05, 0.1) is 0 Å². The van der Waals surface area contributed by atoms with Crippen LogP contribution in [-0.4, -0.2) is 30.7 Å². The van der Waals surface area contributed by atoms with E-state index in [-0.39, 0.29) is 0 Å². The first-order chi connectivity index (χ1) is 15.4. The van der Waals surface area contributed by atoms with Gasteiger partial charge in [0, 0.05) is 13.2 Å². The molecule has 5 nitrogen and oxygen atoms in total. The molecule has 0 bridgehead atoms. The molecule has 196 valence electrons. The average molecular weight is 481 g/mol. The van der Waals surface area contributed by atoms with E-state index in [2.05, 4.69) is 27.0 Å². The van der Waals surface area contributed by atoms with Crippen LogP contribution in [0.25, 0.3) is 0 Å². The van der Waals surface area contributed by atoms with Crippen LogP contribution in [0.1, 0.15) is 142 Å². The SMILES string of the molecule is C=C.CCCCCCCCCCCCOCCCCCCCCCCCC.O=S(=O)(O)O. The minimum absolute atomic E-state index is 0.994. The quantitative estimate of drug-likeness (QED) is 0.0917. The van der Waals surface area contributed by atoms with E-state index in [4.69, 9.17) is 22.3 Å². The molecule has 32 heavy (non-hydrogen) atoms. The highest BCUT2D eigenvalue weighted by molar-refractivity contribution is 7.79. The predicted molar refractivity (Wildman–Crippen MR) is 140 cm³/mol. The molecule has 0 fully saturated rings. The minimum Gasteiger partial charge on any atom is -0.381 e. The second-order valence-corrected chi connectivity index (χ2v) is 9.32. The molecular weight excluding hydrogens is 424 g/mol. The minimum atomic E-state index is -4.67. The van der Waals surface area contributed by atoms with Crippen molar-refractivity contribution >= 4 is 10.4 Å². The summed E-state index contributed by atoms with van der Waals surface area (Å²) in [5.41, 5.74) is 0. The Bertz CT molecular complexity index is 382. The molecular formula is C26H56O5S. The summed E-state index contributed by atoms with van der Waals surface area (Å²) in [7, 11) is -4.67. The van der Waals surface area contributed by atoms with Crippen LogP contribution in [0, 0.1) is 0 Å². The van der Waals surface area contributed by atoms with E-state index in [1.165, 1.54) is 128 Å². The lowest BCUT2D eigenvalue weighted by molar-refractivity contribution is 0.125. The van der Waals surface area contributed by atoms with Gasteiger partial charge in [-0.25, -0.2) is 0 Å². The Morgan fingerprint density at radius 2 is 0.688 bits per heavy atom. The number of hydrogen-bond acceptors (Lipinski definition) is 3. The molecule has 6 heteroatoms. The number of hydrogen-bond donors (Lipinski definition) is 2. The number of rotatable bonds is 22. The Kier molecular flexibility index (Phi) is 37.0. The molecule has 0 amide bonds. The van der Waals surface area contributed by atoms with Gasteiger partial charge in [-0.05, 0) is 12.8 Å². The Morgan fingerprint density at radius 3 is 0.906 bits per heavy atom. The highest BCUT2D eigenvalue weighted by atomic mass is 32.3. The molecule has 0 aliphatic rings. The summed E-state index contributed by atoms with van der Waals surface area (Å²) in [6.07, 6.45) is 28.2. The normalized spacial score (nSPS) is 10.8. The lowest BCUT2D eigenvalue weighted by atomic mass is 10.1. The standard InChI is InChI=1S/C24H50O.C2H4.H2O4S/c1-3-5-7-9-11-13-15-17-19-21-23-25-24-22-20-18-16-14-12-10-8-6-4-2;1-2;1-5(2,3)4/h3-24H2,1-2H3;1-2H2;(H2,1,2,3,4). The maximum atomic E-state index is 8.74. The smallest absolute Gasteiger partial charge is 0.381 e. The van der Waals surface area contributed by atoms with Gasteiger partial charge in [0.2, 0.25) is 0 Å². The first kappa shape index (κ1) is 36.1. The van der Waals surface area contributed by atoms with Gasteiger partial charge in [-0.2, -0.15) is 8.42 Å². The van der Waals surface area contributed by atoms with Crippen LogP contribution in [-0.2, 0) is 15.1 Å². The molecule has 0 saturated heterocycles. The van der Waals surface area contributed by atoms with Gasteiger partial charge in [-0.3, -0.25) is 9.11 Å². The van der Waals surface area contributed by atoms with Gasteiger partial charge >= 0.3 is 10.4 Å². The Hall–Kier alpha value is -0.430. The molecule has 0 unspecified atom stereocenters. The Morgan fingerprint density at radius 1 is 0.500 bits per heavy atom. The lowest BCUT2D eigenvalue weighted by Gasteiger charge is -2.05. The zero-order valence-corrected chi connectivity index (χ0v) is 22.3. The second kappa shape index (κ2) is 32.7. The van der Waals surface area contributed by atoms with Gasteiger partial charge in [0.25, 0.3) is 0 Å². The van der Waals surface area contributed by atoms with Crippen molar-refractivity contribution in [3.63, 3.8) is 0 Å². The summed E-state index contributed by atoms with van der Waals surface area (Å²) < 4.78 is 37.4. The van der Waals surface area contributed by atoms with Gasteiger partial charge in [0.1, 0.15) is 0 Å². The molecule has 0 saturated carbocycles. The molecule has 0 rings (SSSR count). The van der Waals surface area contributed by atoms with E-state index in [1.807, 2.05) is 0 Å². The van der Waals surface area contributed by atoms with Crippen LogP contribution in [0.3, 0.4) is 0 Å². The maximum absolute atomic E-state index is 8.74. The lowest BCUT2D eigenvalue weighted by Crippen LogP contribution is -1.97. The van der Waals surface area contributed by atoms with Crippen LogP contribution >= 0.6 is 0 Å². The third-order valence-corrected chi connectivity index (χ3v) is 5.28. The van der Waals surface area contributed by atoms with Crippen LogP contribution in [0.5, 0.6) is 0 Å². The Balaban J connectivity index is -0.00000105. The van der Waals surface area contributed by atoms with Crippen molar-refractivity contribution in [3.05, 3.63) is 13.2 Å². The van der Waals surface area contributed by atoms with Crippen molar-refractivity contribution in [2.75, 3.05) is 13.2 Å². The van der Waals surface area contributed by atoms with Crippen molar-refractivity contribution in [2.45, 2.75) is 142 Å². The van der Waals surface area contributed by atoms with Crippen LogP contribution < -0.4 is 0 Å². The third kappa shape index (κ3) is 51.9. The third-order valence-electron chi connectivity index (χ3n) is 5.28. The van der Waals surface area contributed by atoms with Crippen LogP contribution in [0.4, 0.5) is 0 Å². The zero-order chi connectivity index (χ0) is 24.8. The highest BCUT2D eigenvalue weighted by Gasteiger charge is 1.95. The molecule has 0 spiro atoms. The van der Waals surface area contributed by atoms with Crippen LogP contribution in [0.2, 0.25) is 0 Å². The van der Waals surface area contributed by atoms with Gasteiger partial charge in [-0.15, -0.1) is 13.2 Å². The average Bonchev–Trinajstić information content (AvgIpc) is 2.75. The fraction of sp³-hybridized carbons (Fsp3) is 0.923. The number of ether oxygens (including phenoxy) is 1. The molecule has 0 aromatic heterocycles. The summed E-state index contributed by atoms with van der Waals surface area (Å²) in [5, 5.41) is 0. The molecule has 0 aliphatic heterocycles. The molecule has 2 N–H and O–H groups in total. The molecule has 0 aromatic carbocycles. The molecule has 0 heterocycles. The van der Waals surface area contributed by atoms with E-state index in [0.717, 1.165) is 13.2 Å². The monoisotopic (exact) mass is 480 g/mol. The topological polar surface area (TPSA) is 83.8 Å². The largest absolute Gasteiger partial charge is 0.394 e. The summed E-state index contributed by atoms with van der Waals surface area (Å²) in [5.74, 6) is 0. The van der Waals surface area contributed by atoms with Crippen LogP contribution in [0.15, 0.2) is 13.2 Å².